The van der Waals surface area contributed by atoms with Gasteiger partial charge in [-0.15, -0.1) is 0 Å². The highest BCUT2D eigenvalue weighted by Gasteiger charge is 2.42. The normalized spacial score (nSPS) is 25.0. The molecule has 2 saturated heterocycles. The summed E-state index contributed by atoms with van der Waals surface area (Å²) in [5.41, 5.74) is 1.20. The van der Waals surface area contributed by atoms with Crippen LogP contribution in [0, 0.1) is 11.3 Å². The molecule has 2 fully saturated rings. The van der Waals surface area contributed by atoms with Crippen molar-refractivity contribution >= 4 is 0 Å². The van der Waals surface area contributed by atoms with Crippen molar-refractivity contribution in [3.8, 4) is 6.07 Å². The third-order valence-electron chi connectivity index (χ3n) is 4.57. The number of benzene rings is 1. The van der Waals surface area contributed by atoms with Gasteiger partial charge < -0.3 is 9.47 Å². The van der Waals surface area contributed by atoms with E-state index in [1.807, 2.05) is 18.2 Å². The van der Waals surface area contributed by atoms with Crippen LogP contribution in [0.2, 0.25) is 0 Å². The van der Waals surface area contributed by atoms with Crippen LogP contribution < -0.4 is 0 Å². The Morgan fingerprint density at radius 2 is 2.05 bits per heavy atom. The third-order valence-corrected chi connectivity index (χ3v) is 4.57. The Hall–Kier alpha value is -1.41. The maximum absolute atomic E-state index is 8.75. The average Bonchev–Trinajstić information content (AvgIpc) is 2.92. The van der Waals surface area contributed by atoms with Crippen LogP contribution in [0.4, 0.5) is 0 Å². The highest BCUT2D eigenvalue weighted by molar-refractivity contribution is 5.13. The second-order valence-corrected chi connectivity index (χ2v) is 6.05. The van der Waals surface area contributed by atoms with E-state index in [4.69, 9.17) is 14.7 Å². The summed E-state index contributed by atoms with van der Waals surface area (Å²) in [6, 6.07) is 12.5. The maximum atomic E-state index is 8.75. The standard InChI is InChI=1S/C17H22N2O2/c18-8-11-19-9-6-17(7-10-19)12-16(14-21-17)20-13-15-4-2-1-3-5-15/h1-5,16H,6-7,9-14H2/t16-/m0/s1. The first kappa shape index (κ1) is 14.5. The van der Waals surface area contributed by atoms with Gasteiger partial charge in [0.25, 0.3) is 0 Å². The van der Waals surface area contributed by atoms with Gasteiger partial charge in [-0.2, -0.15) is 5.26 Å². The van der Waals surface area contributed by atoms with Gasteiger partial charge >= 0.3 is 0 Å². The lowest BCUT2D eigenvalue weighted by molar-refractivity contribution is -0.0435. The molecular formula is C17H22N2O2. The van der Waals surface area contributed by atoms with E-state index in [9.17, 15) is 0 Å². The number of piperidine rings is 1. The molecule has 1 aromatic rings. The number of ether oxygens (including phenoxy) is 2. The fourth-order valence-corrected chi connectivity index (χ4v) is 3.26. The Morgan fingerprint density at radius 3 is 2.76 bits per heavy atom. The Morgan fingerprint density at radius 1 is 1.29 bits per heavy atom. The second kappa shape index (κ2) is 6.57. The van der Waals surface area contributed by atoms with Crippen molar-refractivity contribution in [3.63, 3.8) is 0 Å². The topological polar surface area (TPSA) is 45.5 Å². The lowest BCUT2D eigenvalue weighted by atomic mass is 9.88. The van der Waals surface area contributed by atoms with E-state index >= 15 is 0 Å². The minimum absolute atomic E-state index is 0.00664. The van der Waals surface area contributed by atoms with Crippen LogP contribution in [0.5, 0.6) is 0 Å². The molecule has 3 rings (SSSR count). The van der Waals surface area contributed by atoms with Crippen molar-refractivity contribution in [3.05, 3.63) is 35.9 Å². The smallest absolute Gasteiger partial charge is 0.0866 e. The monoisotopic (exact) mass is 286 g/mol. The first-order chi connectivity index (χ1) is 10.3. The number of likely N-dealkylation sites (tertiary alicyclic amines) is 1. The zero-order chi connectivity index (χ0) is 14.5. The first-order valence-electron chi connectivity index (χ1n) is 7.68. The molecule has 0 N–H and O–H groups in total. The molecule has 4 heteroatoms. The number of hydrogen-bond donors (Lipinski definition) is 0. The predicted molar refractivity (Wildman–Crippen MR) is 79.6 cm³/mol. The Bertz CT molecular complexity index is 489. The summed E-state index contributed by atoms with van der Waals surface area (Å²) in [7, 11) is 0. The molecule has 0 amide bonds. The maximum Gasteiger partial charge on any atom is 0.0866 e. The highest BCUT2D eigenvalue weighted by atomic mass is 16.6. The van der Waals surface area contributed by atoms with Crippen molar-refractivity contribution in [2.75, 3.05) is 26.2 Å². The average molecular weight is 286 g/mol. The summed E-state index contributed by atoms with van der Waals surface area (Å²) < 4.78 is 12.1. The van der Waals surface area contributed by atoms with Crippen molar-refractivity contribution < 1.29 is 9.47 Å². The molecule has 2 heterocycles. The molecule has 112 valence electrons. The molecule has 0 saturated carbocycles. The minimum atomic E-state index is -0.00664. The van der Waals surface area contributed by atoms with Gasteiger partial charge in [-0.3, -0.25) is 4.90 Å². The van der Waals surface area contributed by atoms with Crippen molar-refractivity contribution in [2.24, 2.45) is 0 Å². The van der Waals surface area contributed by atoms with Gasteiger partial charge in [-0.1, -0.05) is 30.3 Å². The molecular weight excluding hydrogens is 264 g/mol. The fraction of sp³-hybridized carbons (Fsp3) is 0.588. The molecule has 0 unspecified atom stereocenters. The number of nitrogens with zero attached hydrogens (tertiary/aromatic N) is 2. The Balaban J connectivity index is 1.46. The molecule has 0 aromatic heterocycles. The fourth-order valence-electron chi connectivity index (χ4n) is 3.26. The van der Waals surface area contributed by atoms with Gasteiger partial charge in [0.15, 0.2) is 0 Å². The van der Waals surface area contributed by atoms with Gasteiger partial charge in [0.1, 0.15) is 0 Å². The molecule has 1 spiro atoms. The van der Waals surface area contributed by atoms with Crippen LogP contribution in [0.15, 0.2) is 30.3 Å². The predicted octanol–water partition coefficient (Wildman–Crippen LogP) is 2.35. The molecule has 21 heavy (non-hydrogen) atoms. The SMILES string of the molecule is N#CCN1CCC2(CC1)C[C@H](OCc1ccccc1)CO2. The molecule has 0 radical (unpaired) electrons. The van der Waals surface area contributed by atoms with Crippen LogP contribution in [0.1, 0.15) is 24.8 Å². The molecule has 2 aliphatic heterocycles. The summed E-state index contributed by atoms with van der Waals surface area (Å²) in [6.45, 7) is 3.80. The van der Waals surface area contributed by atoms with Gasteiger partial charge in [-0.25, -0.2) is 0 Å². The van der Waals surface area contributed by atoms with Gasteiger partial charge in [0.05, 0.1) is 37.5 Å². The van der Waals surface area contributed by atoms with Crippen LogP contribution >= 0.6 is 0 Å². The van der Waals surface area contributed by atoms with Crippen LogP contribution in [-0.4, -0.2) is 42.8 Å². The van der Waals surface area contributed by atoms with E-state index < -0.39 is 0 Å². The van der Waals surface area contributed by atoms with Gasteiger partial charge in [-0.05, 0) is 18.4 Å². The number of nitriles is 1. The summed E-state index contributed by atoms with van der Waals surface area (Å²) in [4.78, 5) is 2.20. The van der Waals surface area contributed by atoms with Gasteiger partial charge in [0.2, 0.25) is 0 Å². The summed E-state index contributed by atoms with van der Waals surface area (Å²) in [6.07, 6.45) is 3.22. The molecule has 0 aliphatic carbocycles. The minimum Gasteiger partial charge on any atom is -0.372 e. The summed E-state index contributed by atoms with van der Waals surface area (Å²) in [5.74, 6) is 0. The molecule has 0 bridgehead atoms. The largest absolute Gasteiger partial charge is 0.372 e. The summed E-state index contributed by atoms with van der Waals surface area (Å²) >= 11 is 0. The Labute approximate surface area is 126 Å². The molecule has 4 nitrogen and oxygen atoms in total. The van der Waals surface area contributed by atoms with Crippen LogP contribution in [0.25, 0.3) is 0 Å². The van der Waals surface area contributed by atoms with E-state index in [-0.39, 0.29) is 11.7 Å². The van der Waals surface area contributed by atoms with Crippen molar-refractivity contribution in [1.82, 2.24) is 4.90 Å². The lowest BCUT2D eigenvalue weighted by Gasteiger charge is -2.37. The van der Waals surface area contributed by atoms with Crippen LogP contribution in [-0.2, 0) is 16.1 Å². The lowest BCUT2D eigenvalue weighted by Crippen LogP contribution is -2.44. The Kier molecular flexibility index (Phi) is 4.54. The molecule has 2 aliphatic rings. The van der Waals surface area contributed by atoms with Crippen molar-refractivity contribution in [1.29, 1.82) is 5.26 Å². The van der Waals surface area contributed by atoms with Gasteiger partial charge in [0, 0.05) is 19.5 Å². The van der Waals surface area contributed by atoms with Crippen molar-refractivity contribution in [2.45, 2.75) is 37.6 Å². The number of hydrogen-bond acceptors (Lipinski definition) is 4. The highest BCUT2D eigenvalue weighted by Crippen LogP contribution is 2.37. The summed E-state index contributed by atoms with van der Waals surface area (Å²) in [5, 5.41) is 8.75. The number of rotatable bonds is 4. The van der Waals surface area contributed by atoms with E-state index in [0.717, 1.165) is 32.4 Å². The zero-order valence-corrected chi connectivity index (χ0v) is 12.3. The molecule has 1 aromatic carbocycles. The molecule has 1 atom stereocenters. The van der Waals surface area contributed by atoms with E-state index in [0.29, 0.717) is 19.8 Å². The third kappa shape index (κ3) is 3.62. The van der Waals surface area contributed by atoms with Crippen LogP contribution in [0.3, 0.4) is 0 Å². The quantitative estimate of drug-likeness (QED) is 0.797. The zero-order valence-electron chi connectivity index (χ0n) is 12.3. The second-order valence-electron chi connectivity index (χ2n) is 6.05. The first-order valence-corrected chi connectivity index (χ1v) is 7.68. The van der Waals surface area contributed by atoms with E-state index in [2.05, 4.69) is 23.1 Å². The van der Waals surface area contributed by atoms with E-state index in [1.54, 1.807) is 0 Å². The van der Waals surface area contributed by atoms with E-state index in [1.165, 1.54) is 5.56 Å².